The molecule has 0 aromatic heterocycles. The van der Waals surface area contributed by atoms with E-state index in [0.29, 0.717) is 18.6 Å². The van der Waals surface area contributed by atoms with Crippen molar-refractivity contribution in [1.82, 2.24) is 10.6 Å². The number of hydrogen-bond donors (Lipinski definition) is 5. The van der Waals surface area contributed by atoms with Crippen LogP contribution >= 0.6 is 10.6 Å². The third kappa shape index (κ3) is 8.57. The Balaban J connectivity index is 1.52. The molecule has 3 atom stereocenters. The third-order valence-electron chi connectivity index (χ3n) is 7.36. The predicted molar refractivity (Wildman–Crippen MR) is 157 cm³/mol. The van der Waals surface area contributed by atoms with Crippen molar-refractivity contribution < 1.29 is 32.5 Å². The largest absolute Gasteiger partial charge is 0.390 e. The number of amides is 1. The molecule has 7 nitrogen and oxygen atoms in total. The Labute approximate surface area is 241 Å². The zero-order valence-electron chi connectivity index (χ0n) is 23.3. The van der Waals surface area contributed by atoms with E-state index >= 15 is 0 Å². The van der Waals surface area contributed by atoms with E-state index < -0.39 is 46.3 Å². The fraction of sp³-hybridized carbons (Fsp3) is 0.387. The van der Waals surface area contributed by atoms with Crippen molar-refractivity contribution in [3.8, 4) is 0 Å². The van der Waals surface area contributed by atoms with Gasteiger partial charge in [0.1, 0.15) is 11.6 Å². The molecule has 0 aliphatic carbocycles. The standard InChI is InChI=1S/C31H38F2N2O5S/c1-3-20-4-9-24-18-41(38,39)19-29(27(24)14-20)34-17-30(36)28(15-22-12-25(32)16-26(33)13-22)35-31(37)23-7-5-21(6-8-23)10-11-40-2/h4-9,12-14,16,28-30,34,36,38-39H,3,10-11,15,17-19H2,1-2H3,(H,35,37)/t28-,29-,30-/m0/s1. The lowest BCUT2D eigenvalue weighted by molar-refractivity contribution is 0.0825. The number of carbonyl (C=O) groups is 1. The highest BCUT2D eigenvalue weighted by atomic mass is 32.3. The summed E-state index contributed by atoms with van der Waals surface area (Å²) >= 11 is 0. The summed E-state index contributed by atoms with van der Waals surface area (Å²) in [5.74, 6) is -1.66. The van der Waals surface area contributed by atoms with Crippen LogP contribution in [0.25, 0.3) is 0 Å². The first-order valence-corrected chi connectivity index (χ1v) is 15.6. The zero-order chi connectivity index (χ0) is 29.6. The number of benzene rings is 3. The number of methoxy groups -OCH3 is 1. The summed E-state index contributed by atoms with van der Waals surface area (Å²) in [6, 6.07) is 14.7. The van der Waals surface area contributed by atoms with Crippen LogP contribution < -0.4 is 10.6 Å². The van der Waals surface area contributed by atoms with Crippen LogP contribution in [0.2, 0.25) is 0 Å². The smallest absolute Gasteiger partial charge is 0.251 e. The summed E-state index contributed by atoms with van der Waals surface area (Å²) in [6.45, 7) is 2.59. The van der Waals surface area contributed by atoms with Crippen LogP contribution in [0.4, 0.5) is 8.78 Å². The number of halogens is 2. The first-order valence-electron chi connectivity index (χ1n) is 13.7. The first-order chi connectivity index (χ1) is 19.6. The number of carbonyl (C=O) groups excluding carboxylic acids is 1. The van der Waals surface area contributed by atoms with Crippen LogP contribution in [0.5, 0.6) is 0 Å². The molecule has 5 N–H and O–H groups in total. The maximum atomic E-state index is 13.9. The van der Waals surface area contributed by atoms with Gasteiger partial charge in [0.25, 0.3) is 5.91 Å². The number of aliphatic hydroxyl groups excluding tert-OH is 1. The van der Waals surface area contributed by atoms with Gasteiger partial charge in [-0.3, -0.25) is 13.9 Å². The average molecular weight is 589 g/mol. The molecule has 0 saturated carbocycles. The second-order valence-electron chi connectivity index (χ2n) is 10.5. The van der Waals surface area contributed by atoms with Crippen LogP contribution in [-0.4, -0.2) is 58.3 Å². The number of ether oxygens (including phenoxy) is 1. The van der Waals surface area contributed by atoms with Gasteiger partial charge in [0.05, 0.1) is 36.3 Å². The van der Waals surface area contributed by atoms with Crippen LogP contribution in [0.1, 0.15) is 51.1 Å². The Morgan fingerprint density at radius 3 is 2.37 bits per heavy atom. The molecule has 0 bridgehead atoms. The minimum Gasteiger partial charge on any atom is -0.390 e. The Hall–Kier alpha value is -2.86. The van der Waals surface area contributed by atoms with E-state index in [-0.39, 0.29) is 30.0 Å². The van der Waals surface area contributed by atoms with Gasteiger partial charge in [0, 0.05) is 25.3 Å². The van der Waals surface area contributed by atoms with Gasteiger partial charge in [0.2, 0.25) is 0 Å². The van der Waals surface area contributed by atoms with Crippen molar-refractivity contribution in [2.24, 2.45) is 0 Å². The summed E-state index contributed by atoms with van der Waals surface area (Å²) in [4.78, 5) is 13.2. The quantitative estimate of drug-likeness (QED) is 0.203. The van der Waals surface area contributed by atoms with Gasteiger partial charge in [-0.2, -0.15) is 10.6 Å². The van der Waals surface area contributed by atoms with E-state index in [2.05, 4.69) is 10.6 Å². The molecule has 1 aliphatic heterocycles. The Kier molecular flexibility index (Phi) is 10.5. The molecule has 0 unspecified atom stereocenters. The Morgan fingerprint density at radius 1 is 1.02 bits per heavy atom. The molecule has 4 rings (SSSR count). The summed E-state index contributed by atoms with van der Waals surface area (Å²) in [7, 11) is -1.24. The fourth-order valence-corrected chi connectivity index (χ4v) is 6.83. The topological polar surface area (TPSA) is 111 Å². The normalized spacial score (nSPS) is 18.3. The molecule has 1 aliphatic rings. The fourth-order valence-electron chi connectivity index (χ4n) is 5.12. The minimum absolute atomic E-state index is 0.00528. The Morgan fingerprint density at radius 2 is 1.71 bits per heavy atom. The molecule has 3 aromatic rings. The highest BCUT2D eigenvalue weighted by Crippen LogP contribution is 2.50. The van der Waals surface area contributed by atoms with Gasteiger partial charge in [-0.1, -0.05) is 37.3 Å². The minimum atomic E-state index is -2.86. The first kappa shape index (κ1) is 31.1. The highest BCUT2D eigenvalue weighted by molar-refractivity contribution is 8.23. The predicted octanol–water partition coefficient (Wildman–Crippen LogP) is 5.01. The van der Waals surface area contributed by atoms with Crippen molar-refractivity contribution in [3.63, 3.8) is 0 Å². The number of fused-ring (bicyclic) bond motifs is 1. The number of aliphatic hydroxyl groups is 1. The molecular weight excluding hydrogens is 550 g/mol. The second kappa shape index (κ2) is 13.9. The van der Waals surface area contributed by atoms with Crippen molar-refractivity contribution in [3.05, 3.63) is 106 Å². The van der Waals surface area contributed by atoms with Crippen molar-refractivity contribution in [2.45, 2.75) is 50.1 Å². The van der Waals surface area contributed by atoms with E-state index in [1.807, 2.05) is 37.3 Å². The molecule has 10 heteroatoms. The van der Waals surface area contributed by atoms with Crippen molar-refractivity contribution in [2.75, 3.05) is 26.0 Å². The average Bonchev–Trinajstić information content (AvgIpc) is 2.93. The molecule has 0 saturated heterocycles. The zero-order valence-corrected chi connectivity index (χ0v) is 24.1. The summed E-state index contributed by atoms with van der Waals surface area (Å²) in [5, 5.41) is 17.3. The molecule has 41 heavy (non-hydrogen) atoms. The molecule has 1 amide bonds. The van der Waals surface area contributed by atoms with Crippen LogP contribution in [0.15, 0.2) is 60.7 Å². The number of rotatable bonds is 12. The van der Waals surface area contributed by atoms with E-state index in [4.69, 9.17) is 4.74 Å². The van der Waals surface area contributed by atoms with E-state index in [1.165, 1.54) is 12.1 Å². The van der Waals surface area contributed by atoms with Gasteiger partial charge in [0.15, 0.2) is 0 Å². The van der Waals surface area contributed by atoms with E-state index in [1.54, 1.807) is 19.2 Å². The number of hydrogen-bond acceptors (Lipinski definition) is 6. The molecule has 0 radical (unpaired) electrons. The highest BCUT2D eigenvalue weighted by Gasteiger charge is 2.31. The van der Waals surface area contributed by atoms with Gasteiger partial charge >= 0.3 is 0 Å². The van der Waals surface area contributed by atoms with Crippen molar-refractivity contribution in [1.29, 1.82) is 0 Å². The second-order valence-corrected chi connectivity index (χ2v) is 12.8. The lowest BCUT2D eigenvalue weighted by atomic mass is 9.96. The van der Waals surface area contributed by atoms with Crippen LogP contribution in [-0.2, 0) is 29.8 Å². The monoisotopic (exact) mass is 588 g/mol. The number of aryl methyl sites for hydroxylation is 1. The lowest BCUT2D eigenvalue weighted by Gasteiger charge is -2.42. The molecule has 3 aromatic carbocycles. The van der Waals surface area contributed by atoms with E-state index in [0.717, 1.165) is 34.7 Å². The van der Waals surface area contributed by atoms with Gasteiger partial charge in [-0.25, -0.2) is 8.78 Å². The van der Waals surface area contributed by atoms with Gasteiger partial charge in [-0.05, 0) is 71.3 Å². The van der Waals surface area contributed by atoms with Gasteiger partial charge in [-0.15, -0.1) is 0 Å². The molecule has 0 spiro atoms. The van der Waals surface area contributed by atoms with Gasteiger partial charge < -0.3 is 20.5 Å². The molecule has 0 fully saturated rings. The van der Waals surface area contributed by atoms with Crippen LogP contribution in [0.3, 0.4) is 0 Å². The van der Waals surface area contributed by atoms with E-state index in [9.17, 15) is 27.8 Å². The molecule has 1 heterocycles. The maximum absolute atomic E-state index is 13.9. The summed E-state index contributed by atoms with van der Waals surface area (Å²) < 4.78 is 54.1. The Bertz CT molecular complexity index is 1320. The number of nitrogens with one attached hydrogen (secondary N) is 2. The molecular formula is C31H38F2N2O5S. The molecule has 222 valence electrons. The summed E-state index contributed by atoms with van der Waals surface area (Å²) in [6.07, 6.45) is 0.342. The third-order valence-corrected chi connectivity index (χ3v) is 9.00. The maximum Gasteiger partial charge on any atom is 0.251 e. The van der Waals surface area contributed by atoms with Crippen molar-refractivity contribution >= 4 is 16.5 Å². The van der Waals surface area contributed by atoms with Crippen LogP contribution in [0, 0.1) is 11.6 Å². The lowest BCUT2D eigenvalue weighted by Crippen LogP contribution is -2.49. The SMILES string of the molecule is CCc1ccc2c(c1)[C@@H](NC[C@H](O)[C@H](Cc1cc(F)cc(F)c1)NC(=O)c1ccc(CCOC)cc1)CS(O)(O)C2. The summed E-state index contributed by atoms with van der Waals surface area (Å²) in [5.41, 5.74) is 4.57.